The third-order valence-electron chi connectivity index (χ3n) is 6.30. The van der Waals surface area contributed by atoms with Gasteiger partial charge in [-0.15, -0.1) is 0 Å². The molecular formula is C30H36O9. The number of aromatic hydroxyl groups is 1. The number of carboxylic acid groups (broad SMARTS) is 1. The molecule has 3 rings (SSSR count). The number of ketones is 1. The van der Waals surface area contributed by atoms with E-state index in [9.17, 15) is 24.6 Å². The maximum atomic E-state index is 12.7. The summed E-state index contributed by atoms with van der Waals surface area (Å²) in [5.74, 6) is 0.0357. The molecule has 210 valence electrons. The van der Waals surface area contributed by atoms with E-state index in [2.05, 4.69) is 0 Å². The lowest BCUT2D eigenvalue weighted by atomic mass is 10.0. The maximum Gasteiger partial charge on any atom is 0.303 e. The van der Waals surface area contributed by atoms with Crippen LogP contribution in [0, 0.1) is 0 Å². The molecule has 1 aromatic heterocycles. The van der Waals surface area contributed by atoms with Gasteiger partial charge in [0.05, 0.1) is 10.9 Å². The molecular weight excluding hydrogens is 504 g/mol. The predicted molar refractivity (Wildman–Crippen MR) is 146 cm³/mol. The summed E-state index contributed by atoms with van der Waals surface area (Å²) in [4.78, 5) is 35.3. The molecule has 3 aromatic rings. The number of carboxylic acids is 1. The molecule has 0 radical (unpaired) electrons. The smallest absolute Gasteiger partial charge is 0.303 e. The van der Waals surface area contributed by atoms with E-state index in [0.717, 1.165) is 12.8 Å². The Morgan fingerprint density at radius 1 is 0.949 bits per heavy atom. The normalized spacial score (nSPS) is 11.9. The standard InChI is InChI=1S/C30H36O9/c1-4-7-23-26(13-11-21(18(3)31)29(23)36)37-16-19(32)17-38-27-14-12-22-25(33)15-20(9-6-10-28(34)35)39-30(22)24(27)8-5-2/h11-15,19,32,36H,4-10,16-17H2,1-3H3,(H,34,35). The van der Waals surface area contributed by atoms with Gasteiger partial charge in [0.25, 0.3) is 0 Å². The first-order valence-electron chi connectivity index (χ1n) is 13.3. The zero-order chi connectivity index (χ0) is 28.5. The molecule has 2 aromatic carbocycles. The van der Waals surface area contributed by atoms with Crippen LogP contribution in [0.2, 0.25) is 0 Å². The third kappa shape index (κ3) is 7.60. The first-order chi connectivity index (χ1) is 18.7. The Kier molecular flexibility index (Phi) is 10.5. The second-order valence-corrected chi connectivity index (χ2v) is 9.51. The van der Waals surface area contributed by atoms with Crippen molar-refractivity contribution in [2.45, 2.75) is 71.8 Å². The molecule has 0 fully saturated rings. The number of aryl methyl sites for hydroxylation is 2. The van der Waals surface area contributed by atoms with Gasteiger partial charge in [-0.25, -0.2) is 0 Å². The van der Waals surface area contributed by atoms with E-state index in [4.69, 9.17) is 19.0 Å². The van der Waals surface area contributed by atoms with E-state index in [0.29, 0.717) is 65.0 Å². The van der Waals surface area contributed by atoms with Crippen molar-refractivity contribution in [2.75, 3.05) is 13.2 Å². The quantitative estimate of drug-likeness (QED) is 0.231. The number of phenols is 1. The van der Waals surface area contributed by atoms with Crippen LogP contribution in [-0.2, 0) is 24.1 Å². The number of hydrogen-bond donors (Lipinski definition) is 3. The summed E-state index contributed by atoms with van der Waals surface area (Å²) in [5.41, 5.74) is 1.65. The van der Waals surface area contributed by atoms with Crippen LogP contribution in [-0.4, -0.2) is 46.4 Å². The minimum absolute atomic E-state index is 0.0207. The molecule has 0 aliphatic rings. The van der Waals surface area contributed by atoms with E-state index in [1.54, 1.807) is 18.2 Å². The van der Waals surface area contributed by atoms with Crippen molar-refractivity contribution in [1.29, 1.82) is 0 Å². The molecule has 0 aliphatic carbocycles. The first-order valence-corrected chi connectivity index (χ1v) is 13.3. The summed E-state index contributed by atoms with van der Waals surface area (Å²) in [6.07, 6.45) is 2.22. The monoisotopic (exact) mass is 540 g/mol. The summed E-state index contributed by atoms with van der Waals surface area (Å²) < 4.78 is 17.7. The molecule has 1 atom stereocenters. The van der Waals surface area contributed by atoms with Gasteiger partial charge in [0, 0.05) is 30.0 Å². The predicted octanol–water partition coefficient (Wildman–Crippen LogP) is 4.83. The van der Waals surface area contributed by atoms with Crippen molar-refractivity contribution in [3.63, 3.8) is 0 Å². The minimum Gasteiger partial charge on any atom is -0.507 e. The fourth-order valence-electron chi connectivity index (χ4n) is 4.41. The first kappa shape index (κ1) is 29.7. The Labute approximate surface area is 227 Å². The van der Waals surface area contributed by atoms with Crippen molar-refractivity contribution in [3.8, 4) is 17.2 Å². The molecule has 9 heteroatoms. The van der Waals surface area contributed by atoms with Crippen LogP contribution >= 0.6 is 0 Å². The van der Waals surface area contributed by atoms with Crippen molar-refractivity contribution >= 4 is 22.7 Å². The number of benzene rings is 2. The van der Waals surface area contributed by atoms with Gasteiger partial charge in [-0.3, -0.25) is 14.4 Å². The Balaban J connectivity index is 1.76. The maximum absolute atomic E-state index is 12.7. The number of aliphatic hydroxyl groups excluding tert-OH is 1. The van der Waals surface area contributed by atoms with E-state index in [1.807, 2.05) is 13.8 Å². The van der Waals surface area contributed by atoms with E-state index in [1.165, 1.54) is 19.1 Å². The van der Waals surface area contributed by atoms with Gasteiger partial charge in [-0.1, -0.05) is 26.7 Å². The number of carbonyl (C=O) groups excluding carboxylic acids is 1. The van der Waals surface area contributed by atoms with Gasteiger partial charge in [-0.05, 0) is 50.5 Å². The summed E-state index contributed by atoms with van der Waals surface area (Å²) in [6, 6.07) is 7.82. The van der Waals surface area contributed by atoms with Gasteiger partial charge in [-0.2, -0.15) is 0 Å². The molecule has 0 spiro atoms. The van der Waals surface area contributed by atoms with Crippen LogP contribution < -0.4 is 14.9 Å². The molecule has 0 saturated heterocycles. The van der Waals surface area contributed by atoms with Crippen molar-refractivity contribution < 1.29 is 38.8 Å². The Morgan fingerprint density at radius 2 is 1.56 bits per heavy atom. The number of fused-ring (bicyclic) bond motifs is 1. The molecule has 3 N–H and O–H groups in total. The minimum atomic E-state index is -1.01. The highest BCUT2D eigenvalue weighted by molar-refractivity contribution is 5.97. The molecule has 0 bridgehead atoms. The van der Waals surface area contributed by atoms with Gasteiger partial charge < -0.3 is 29.2 Å². The Bertz CT molecular complexity index is 1370. The SMILES string of the molecule is CCCc1c(OCC(O)COc2ccc3c(=O)cc(CCCC(=O)O)oc3c2CCC)ccc(C(C)=O)c1O. The number of Topliss-reactive ketones (excluding diaryl/α,β-unsaturated/α-hetero) is 1. The topological polar surface area (TPSA) is 144 Å². The lowest BCUT2D eigenvalue weighted by molar-refractivity contribution is -0.137. The number of ether oxygens (including phenoxy) is 2. The van der Waals surface area contributed by atoms with Crippen LogP contribution in [0.3, 0.4) is 0 Å². The van der Waals surface area contributed by atoms with E-state index in [-0.39, 0.29) is 42.2 Å². The zero-order valence-corrected chi connectivity index (χ0v) is 22.6. The fraction of sp³-hybridized carbons (Fsp3) is 0.433. The number of carbonyl (C=O) groups is 2. The largest absolute Gasteiger partial charge is 0.507 e. The van der Waals surface area contributed by atoms with Crippen LogP contribution in [0.5, 0.6) is 17.2 Å². The van der Waals surface area contributed by atoms with Crippen LogP contribution in [0.1, 0.15) is 73.7 Å². The third-order valence-corrected chi connectivity index (χ3v) is 6.30. The molecule has 0 amide bonds. The van der Waals surface area contributed by atoms with Crippen LogP contribution in [0.15, 0.2) is 39.5 Å². The number of phenolic OH excluding ortho intramolecular Hbond substituents is 1. The van der Waals surface area contributed by atoms with Gasteiger partial charge in [0.15, 0.2) is 11.2 Å². The highest BCUT2D eigenvalue weighted by Crippen LogP contribution is 2.33. The highest BCUT2D eigenvalue weighted by Gasteiger charge is 2.19. The summed E-state index contributed by atoms with van der Waals surface area (Å²) in [6.45, 7) is 5.13. The fourth-order valence-corrected chi connectivity index (χ4v) is 4.41. The van der Waals surface area contributed by atoms with E-state index >= 15 is 0 Å². The average molecular weight is 541 g/mol. The van der Waals surface area contributed by atoms with Crippen LogP contribution in [0.4, 0.5) is 0 Å². The molecule has 0 aliphatic heterocycles. The van der Waals surface area contributed by atoms with Crippen molar-refractivity contribution in [3.05, 3.63) is 63.0 Å². The summed E-state index contributed by atoms with van der Waals surface area (Å²) in [7, 11) is 0. The molecule has 1 heterocycles. The Hall–Kier alpha value is -3.85. The number of aliphatic carboxylic acids is 1. The molecule has 39 heavy (non-hydrogen) atoms. The summed E-state index contributed by atoms with van der Waals surface area (Å²) >= 11 is 0. The number of rotatable bonds is 15. The molecule has 1 unspecified atom stereocenters. The van der Waals surface area contributed by atoms with Crippen molar-refractivity contribution in [2.24, 2.45) is 0 Å². The second kappa shape index (κ2) is 13.8. The molecule has 0 saturated carbocycles. The van der Waals surface area contributed by atoms with Gasteiger partial charge in [0.2, 0.25) is 0 Å². The zero-order valence-electron chi connectivity index (χ0n) is 22.6. The highest BCUT2D eigenvalue weighted by atomic mass is 16.5. The average Bonchev–Trinajstić information content (AvgIpc) is 2.88. The lowest BCUT2D eigenvalue weighted by Gasteiger charge is -2.18. The van der Waals surface area contributed by atoms with Crippen LogP contribution in [0.25, 0.3) is 11.0 Å². The molecule has 9 nitrogen and oxygen atoms in total. The van der Waals surface area contributed by atoms with Gasteiger partial charge >= 0.3 is 5.97 Å². The summed E-state index contributed by atoms with van der Waals surface area (Å²) in [5, 5.41) is 30.4. The second-order valence-electron chi connectivity index (χ2n) is 9.51. The Morgan fingerprint density at radius 3 is 2.18 bits per heavy atom. The van der Waals surface area contributed by atoms with Crippen molar-refractivity contribution in [1.82, 2.24) is 0 Å². The number of aliphatic hydroxyl groups is 1. The number of hydrogen-bond acceptors (Lipinski definition) is 8. The van der Waals surface area contributed by atoms with Gasteiger partial charge in [0.1, 0.15) is 47.9 Å². The van der Waals surface area contributed by atoms with E-state index < -0.39 is 12.1 Å². The lowest BCUT2D eigenvalue weighted by Crippen LogP contribution is -2.25.